The summed E-state index contributed by atoms with van der Waals surface area (Å²) in [5, 5.41) is 12.6. The molecule has 0 amide bonds. The van der Waals surface area contributed by atoms with E-state index < -0.39 is 0 Å². The summed E-state index contributed by atoms with van der Waals surface area (Å²) in [5.74, 6) is 0. The van der Waals surface area contributed by atoms with Gasteiger partial charge in [0, 0.05) is 53.5 Å². The number of hydrogen-bond acceptors (Lipinski definition) is 5. The van der Waals surface area contributed by atoms with E-state index >= 15 is 0 Å². The molecule has 0 spiro atoms. The molecule has 0 aliphatic carbocycles. The first-order valence-electron chi connectivity index (χ1n) is 8.25. The summed E-state index contributed by atoms with van der Waals surface area (Å²) in [5.41, 5.74) is 10.6. The lowest BCUT2D eigenvalue weighted by Gasteiger charge is -2.14. The van der Waals surface area contributed by atoms with Gasteiger partial charge in [-0.25, -0.2) is 0 Å². The average Bonchev–Trinajstić information content (AvgIpc) is 3.03. The zero-order chi connectivity index (χ0) is 19.1. The highest BCUT2D eigenvalue weighted by molar-refractivity contribution is 6.30. The molecule has 4 rings (SSSR count). The Hall–Kier alpha value is -3.32. The summed E-state index contributed by atoms with van der Waals surface area (Å²) >= 11 is 5.97. The Kier molecular flexibility index (Phi) is 4.08. The van der Waals surface area contributed by atoms with Crippen LogP contribution in [0, 0.1) is 0 Å². The van der Waals surface area contributed by atoms with Crippen molar-refractivity contribution in [2.75, 3.05) is 11.1 Å². The molecule has 0 aliphatic rings. The molecule has 27 heavy (non-hydrogen) atoms. The maximum Gasteiger partial charge on any atom is 0.280 e. The number of hydrogen-bond donors (Lipinski definition) is 2. The summed E-state index contributed by atoms with van der Waals surface area (Å²) in [6.07, 6.45) is 1.75. The van der Waals surface area contributed by atoms with Crippen molar-refractivity contribution in [1.82, 2.24) is 19.6 Å². The van der Waals surface area contributed by atoms with Crippen LogP contribution >= 0.6 is 11.6 Å². The zero-order valence-electron chi connectivity index (χ0n) is 14.8. The van der Waals surface area contributed by atoms with Crippen molar-refractivity contribution in [3.05, 3.63) is 64.0 Å². The van der Waals surface area contributed by atoms with Gasteiger partial charge in [-0.3, -0.25) is 4.79 Å². The number of aromatic nitrogens is 4. The van der Waals surface area contributed by atoms with Gasteiger partial charge in [0.1, 0.15) is 5.52 Å². The SMILES string of the molecule is Cn1nc2c(-c3cc(N)ccc3Nc3ccc(Cl)cc3)cn(C)c(=O)c2n1. The number of nitrogens with zero attached hydrogens (tertiary/aromatic N) is 4. The van der Waals surface area contributed by atoms with Gasteiger partial charge in [-0.2, -0.15) is 9.90 Å². The molecule has 0 bridgehead atoms. The Morgan fingerprint density at radius 3 is 2.44 bits per heavy atom. The molecule has 0 saturated carbocycles. The molecule has 2 aromatic heterocycles. The molecule has 0 radical (unpaired) electrons. The second-order valence-corrected chi connectivity index (χ2v) is 6.72. The van der Waals surface area contributed by atoms with E-state index in [1.807, 2.05) is 42.5 Å². The summed E-state index contributed by atoms with van der Waals surface area (Å²) in [6.45, 7) is 0. The fourth-order valence-electron chi connectivity index (χ4n) is 2.99. The molecule has 0 atom stereocenters. The predicted molar refractivity (Wildman–Crippen MR) is 108 cm³/mol. The zero-order valence-corrected chi connectivity index (χ0v) is 15.5. The van der Waals surface area contributed by atoms with Crippen LogP contribution < -0.4 is 16.6 Å². The van der Waals surface area contributed by atoms with Gasteiger partial charge < -0.3 is 15.6 Å². The van der Waals surface area contributed by atoms with E-state index in [4.69, 9.17) is 17.3 Å². The van der Waals surface area contributed by atoms with Crippen molar-refractivity contribution in [3.63, 3.8) is 0 Å². The fourth-order valence-corrected chi connectivity index (χ4v) is 3.12. The van der Waals surface area contributed by atoms with Crippen molar-refractivity contribution in [2.45, 2.75) is 0 Å². The van der Waals surface area contributed by atoms with Gasteiger partial charge in [0.25, 0.3) is 5.56 Å². The Balaban J connectivity index is 1.93. The molecule has 2 heterocycles. The number of aryl methyl sites for hydroxylation is 2. The second-order valence-electron chi connectivity index (χ2n) is 6.28. The van der Waals surface area contributed by atoms with Crippen LogP contribution in [0.5, 0.6) is 0 Å². The van der Waals surface area contributed by atoms with E-state index in [0.717, 1.165) is 22.5 Å². The Morgan fingerprint density at radius 2 is 1.70 bits per heavy atom. The van der Waals surface area contributed by atoms with Crippen molar-refractivity contribution in [2.24, 2.45) is 14.1 Å². The van der Waals surface area contributed by atoms with Crippen LogP contribution in [0.15, 0.2) is 53.5 Å². The van der Waals surface area contributed by atoms with E-state index in [1.165, 1.54) is 9.36 Å². The third-order valence-corrected chi connectivity index (χ3v) is 4.52. The quantitative estimate of drug-likeness (QED) is 0.532. The number of nitrogens with one attached hydrogen (secondary N) is 1. The number of benzene rings is 2. The molecule has 0 fully saturated rings. The van der Waals surface area contributed by atoms with E-state index in [-0.39, 0.29) is 5.56 Å². The molecule has 2 aromatic carbocycles. The number of nitrogen functional groups attached to an aromatic ring is 1. The summed E-state index contributed by atoms with van der Waals surface area (Å²) < 4.78 is 1.50. The van der Waals surface area contributed by atoms with E-state index in [9.17, 15) is 4.79 Å². The number of fused-ring (bicyclic) bond motifs is 1. The lowest BCUT2D eigenvalue weighted by molar-refractivity contribution is 0.664. The smallest absolute Gasteiger partial charge is 0.280 e. The molecular formula is C19H17ClN6O. The van der Waals surface area contributed by atoms with Crippen molar-refractivity contribution < 1.29 is 0 Å². The van der Waals surface area contributed by atoms with E-state index in [1.54, 1.807) is 20.3 Å². The van der Waals surface area contributed by atoms with Crippen LogP contribution in [0.2, 0.25) is 5.02 Å². The number of nitrogens with two attached hydrogens (primary N) is 1. The monoisotopic (exact) mass is 380 g/mol. The number of rotatable bonds is 3. The van der Waals surface area contributed by atoms with Crippen LogP contribution in [0.25, 0.3) is 22.2 Å². The topological polar surface area (TPSA) is 90.8 Å². The lowest BCUT2D eigenvalue weighted by atomic mass is 10.0. The molecular weight excluding hydrogens is 364 g/mol. The summed E-state index contributed by atoms with van der Waals surface area (Å²) in [6, 6.07) is 13.0. The third-order valence-electron chi connectivity index (χ3n) is 4.27. The normalized spacial score (nSPS) is 11.1. The highest BCUT2D eigenvalue weighted by Crippen LogP contribution is 2.34. The van der Waals surface area contributed by atoms with Gasteiger partial charge in [0.15, 0.2) is 5.52 Å². The molecule has 4 aromatic rings. The largest absolute Gasteiger partial charge is 0.399 e. The molecule has 8 heteroatoms. The van der Waals surface area contributed by atoms with Gasteiger partial charge in [-0.1, -0.05) is 11.6 Å². The van der Waals surface area contributed by atoms with Crippen LogP contribution in [-0.2, 0) is 14.1 Å². The summed E-state index contributed by atoms with van der Waals surface area (Å²) in [4.78, 5) is 13.8. The van der Waals surface area contributed by atoms with Gasteiger partial charge in [-0.15, -0.1) is 5.10 Å². The van der Waals surface area contributed by atoms with Gasteiger partial charge in [0.05, 0.1) is 0 Å². The van der Waals surface area contributed by atoms with Crippen LogP contribution in [-0.4, -0.2) is 19.6 Å². The standard InChI is InChI=1S/C19H17ClN6O/c1-25-10-15(17-18(19(25)27)24-26(2)23-17)14-9-12(21)5-8-16(14)22-13-6-3-11(20)4-7-13/h3-10,22H,21H2,1-2H3. The van der Waals surface area contributed by atoms with Crippen molar-refractivity contribution in [3.8, 4) is 11.1 Å². The molecule has 7 nitrogen and oxygen atoms in total. The average molecular weight is 381 g/mol. The fraction of sp³-hybridized carbons (Fsp3) is 0.105. The lowest BCUT2D eigenvalue weighted by Crippen LogP contribution is -2.17. The molecule has 0 aliphatic heterocycles. The minimum absolute atomic E-state index is 0.196. The number of anilines is 3. The van der Waals surface area contributed by atoms with Crippen LogP contribution in [0.3, 0.4) is 0 Å². The van der Waals surface area contributed by atoms with Gasteiger partial charge >= 0.3 is 0 Å². The first-order chi connectivity index (χ1) is 12.9. The van der Waals surface area contributed by atoms with Crippen LogP contribution in [0.4, 0.5) is 17.1 Å². The Morgan fingerprint density at radius 1 is 1.00 bits per heavy atom. The minimum Gasteiger partial charge on any atom is -0.399 e. The number of pyridine rings is 1. The second kappa shape index (κ2) is 6.44. The third kappa shape index (κ3) is 3.13. The molecule has 136 valence electrons. The molecule has 3 N–H and O–H groups in total. The minimum atomic E-state index is -0.196. The van der Waals surface area contributed by atoms with Gasteiger partial charge in [0.2, 0.25) is 0 Å². The Bertz CT molecular complexity index is 1210. The van der Waals surface area contributed by atoms with Crippen molar-refractivity contribution in [1.29, 1.82) is 0 Å². The maximum absolute atomic E-state index is 12.4. The molecule has 0 unspecified atom stereocenters. The Labute approximate surface area is 160 Å². The highest BCUT2D eigenvalue weighted by Gasteiger charge is 2.17. The van der Waals surface area contributed by atoms with Crippen molar-refractivity contribution >= 4 is 39.7 Å². The van der Waals surface area contributed by atoms with E-state index in [0.29, 0.717) is 21.7 Å². The molecule has 0 saturated heterocycles. The highest BCUT2D eigenvalue weighted by atomic mass is 35.5. The first kappa shape index (κ1) is 17.1. The number of halogens is 1. The maximum atomic E-state index is 12.4. The first-order valence-corrected chi connectivity index (χ1v) is 8.63. The summed E-state index contributed by atoms with van der Waals surface area (Å²) in [7, 11) is 3.38. The predicted octanol–water partition coefficient (Wildman–Crippen LogP) is 3.31. The van der Waals surface area contributed by atoms with Crippen LogP contribution in [0.1, 0.15) is 0 Å². The van der Waals surface area contributed by atoms with Gasteiger partial charge in [-0.05, 0) is 42.5 Å². The van der Waals surface area contributed by atoms with E-state index in [2.05, 4.69) is 15.5 Å².